The Morgan fingerprint density at radius 1 is 1.36 bits per heavy atom. The Labute approximate surface area is 129 Å². The summed E-state index contributed by atoms with van der Waals surface area (Å²) >= 11 is 0. The number of morpholine rings is 1. The number of anilines is 1. The van der Waals surface area contributed by atoms with Crippen molar-refractivity contribution >= 4 is 11.8 Å². The number of ether oxygens (including phenoxy) is 1. The van der Waals surface area contributed by atoms with Gasteiger partial charge in [-0.1, -0.05) is 0 Å². The third-order valence-electron chi connectivity index (χ3n) is 4.16. The van der Waals surface area contributed by atoms with E-state index in [1.165, 1.54) is 12.1 Å². The number of carbonyl (C=O) groups excluding carboxylic acids is 1. The summed E-state index contributed by atoms with van der Waals surface area (Å²) in [6.45, 7) is 6.07. The summed E-state index contributed by atoms with van der Waals surface area (Å²) < 4.78 is 18.1. The minimum atomic E-state index is -0.412. The van der Waals surface area contributed by atoms with Gasteiger partial charge in [-0.25, -0.2) is 14.2 Å². The molecule has 1 N–H and O–H groups in total. The second kappa shape index (κ2) is 7.02. The van der Waals surface area contributed by atoms with Crippen molar-refractivity contribution in [1.82, 2.24) is 14.8 Å². The molecule has 2 fully saturated rings. The highest BCUT2D eigenvalue weighted by molar-refractivity contribution is 5.88. The molecule has 7 heteroatoms. The predicted molar refractivity (Wildman–Crippen MR) is 80.2 cm³/mol. The molecule has 0 bridgehead atoms. The van der Waals surface area contributed by atoms with Crippen molar-refractivity contribution < 1.29 is 13.9 Å². The average Bonchev–Trinajstić information content (AvgIpc) is 2.99. The molecule has 2 aliphatic heterocycles. The molecular formula is C15H21FN4O2. The van der Waals surface area contributed by atoms with Crippen LogP contribution in [0.15, 0.2) is 18.3 Å². The molecule has 2 aliphatic rings. The minimum Gasteiger partial charge on any atom is -0.379 e. The van der Waals surface area contributed by atoms with Gasteiger partial charge in [-0.3, -0.25) is 10.2 Å². The maximum absolute atomic E-state index is 12.8. The van der Waals surface area contributed by atoms with Crippen LogP contribution in [-0.4, -0.2) is 66.8 Å². The topological polar surface area (TPSA) is 57.7 Å². The number of halogens is 1. The van der Waals surface area contributed by atoms with Gasteiger partial charge >= 0.3 is 6.03 Å². The molecule has 0 spiro atoms. The fourth-order valence-corrected chi connectivity index (χ4v) is 2.95. The van der Waals surface area contributed by atoms with E-state index in [9.17, 15) is 9.18 Å². The molecule has 2 saturated heterocycles. The number of amides is 2. The molecule has 3 heterocycles. The van der Waals surface area contributed by atoms with E-state index < -0.39 is 5.82 Å². The second-order valence-corrected chi connectivity index (χ2v) is 5.81. The van der Waals surface area contributed by atoms with E-state index in [4.69, 9.17) is 4.74 Å². The molecule has 6 nitrogen and oxygen atoms in total. The van der Waals surface area contributed by atoms with Crippen LogP contribution in [0.25, 0.3) is 0 Å². The number of nitrogens with zero attached hydrogens (tertiary/aromatic N) is 3. The van der Waals surface area contributed by atoms with Crippen LogP contribution in [0.1, 0.15) is 6.42 Å². The molecule has 0 aromatic carbocycles. The number of likely N-dealkylation sites (tertiary alicyclic amines) is 1. The third-order valence-corrected chi connectivity index (χ3v) is 4.16. The molecule has 2 amide bonds. The van der Waals surface area contributed by atoms with E-state index in [2.05, 4.69) is 15.2 Å². The van der Waals surface area contributed by atoms with Crippen molar-refractivity contribution in [1.29, 1.82) is 0 Å². The van der Waals surface area contributed by atoms with Gasteiger partial charge in [0, 0.05) is 32.7 Å². The zero-order valence-corrected chi connectivity index (χ0v) is 12.5. The molecule has 1 aromatic heterocycles. The SMILES string of the molecule is O=C(Nc1ccc(F)cn1)N1CCC(CN2CCOCC2)C1. The summed E-state index contributed by atoms with van der Waals surface area (Å²) in [4.78, 5) is 20.2. The number of urea groups is 1. The zero-order chi connectivity index (χ0) is 15.4. The van der Waals surface area contributed by atoms with Crippen molar-refractivity contribution in [3.8, 4) is 0 Å². The predicted octanol–water partition coefficient (Wildman–Crippen LogP) is 1.41. The first-order valence-corrected chi connectivity index (χ1v) is 7.68. The summed E-state index contributed by atoms with van der Waals surface area (Å²) in [5.41, 5.74) is 0. The first-order valence-electron chi connectivity index (χ1n) is 7.68. The van der Waals surface area contributed by atoms with Crippen molar-refractivity contribution in [2.75, 3.05) is 51.3 Å². The second-order valence-electron chi connectivity index (χ2n) is 5.81. The largest absolute Gasteiger partial charge is 0.379 e. The standard InChI is InChI=1S/C15H21FN4O2/c16-13-1-2-14(17-9-13)18-15(21)20-4-3-12(11-20)10-19-5-7-22-8-6-19/h1-2,9,12H,3-8,10-11H2,(H,17,18,21). The highest BCUT2D eigenvalue weighted by atomic mass is 19.1. The van der Waals surface area contributed by atoms with Crippen LogP contribution in [0, 0.1) is 11.7 Å². The summed E-state index contributed by atoms with van der Waals surface area (Å²) in [6, 6.07) is 2.59. The van der Waals surface area contributed by atoms with Crippen LogP contribution in [0.4, 0.5) is 15.0 Å². The average molecular weight is 308 g/mol. The van der Waals surface area contributed by atoms with Gasteiger partial charge in [0.15, 0.2) is 0 Å². The Morgan fingerprint density at radius 2 is 2.18 bits per heavy atom. The Balaban J connectivity index is 1.47. The molecule has 1 aromatic rings. The van der Waals surface area contributed by atoms with E-state index in [-0.39, 0.29) is 6.03 Å². The number of hydrogen-bond acceptors (Lipinski definition) is 4. The van der Waals surface area contributed by atoms with Crippen LogP contribution in [0.5, 0.6) is 0 Å². The van der Waals surface area contributed by atoms with Gasteiger partial charge in [0.1, 0.15) is 11.6 Å². The van der Waals surface area contributed by atoms with E-state index in [1.807, 2.05) is 0 Å². The molecule has 0 radical (unpaired) electrons. The van der Waals surface area contributed by atoms with Crippen molar-refractivity contribution in [3.05, 3.63) is 24.1 Å². The normalized spacial score (nSPS) is 22.8. The summed E-state index contributed by atoms with van der Waals surface area (Å²) in [5.74, 6) is 0.470. The van der Waals surface area contributed by atoms with Gasteiger partial charge in [0.05, 0.1) is 19.4 Å². The van der Waals surface area contributed by atoms with Crippen LogP contribution in [0.2, 0.25) is 0 Å². The lowest BCUT2D eigenvalue weighted by atomic mass is 10.1. The van der Waals surface area contributed by atoms with Crippen LogP contribution in [-0.2, 0) is 4.74 Å². The maximum Gasteiger partial charge on any atom is 0.323 e. The van der Waals surface area contributed by atoms with Gasteiger partial charge in [0.25, 0.3) is 0 Å². The Bertz CT molecular complexity index is 505. The first-order chi connectivity index (χ1) is 10.7. The van der Waals surface area contributed by atoms with Gasteiger partial charge in [-0.15, -0.1) is 0 Å². The highest BCUT2D eigenvalue weighted by Crippen LogP contribution is 2.19. The Morgan fingerprint density at radius 3 is 2.91 bits per heavy atom. The number of carbonyl (C=O) groups is 1. The molecule has 3 rings (SSSR count). The fraction of sp³-hybridized carbons (Fsp3) is 0.600. The minimum absolute atomic E-state index is 0.163. The number of aromatic nitrogens is 1. The van der Waals surface area contributed by atoms with Gasteiger partial charge in [-0.2, -0.15) is 0 Å². The van der Waals surface area contributed by atoms with Crippen LogP contribution < -0.4 is 5.32 Å². The lowest BCUT2D eigenvalue weighted by molar-refractivity contribution is 0.0314. The molecule has 0 saturated carbocycles. The number of hydrogen-bond donors (Lipinski definition) is 1. The van der Waals surface area contributed by atoms with Crippen LogP contribution >= 0.6 is 0 Å². The molecule has 1 unspecified atom stereocenters. The quantitative estimate of drug-likeness (QED) is 0.917. The van der Waals surface area contributed by atoms with Crippen LogP contribution in [0.3, 0.4) is 0 Å². The number of pyridine rings is 1. The molecule has 120 valence electrons. The van der Waals surface area contributed by atoms with Gasteiger partial charge in [-0.05, 0) is 24.5 Å². The first kappa shape index (κ1) is 15.2. The summed E-state index contributed by atoms with van der Waals surface area (Å²) in [5, 5.41) is 2.71. The molecule has 1 atom stereocenters. The van der Waals surface area contributed by atoms with Crippen molar-refractivity contribution in [2.24, 2.45) is 5.92 Å². The number of rotatable bonds is 3. The summed E-state index contributed by atoms with van der Waals surface area (Å²) in [7, 11) is 0. The molecule has 0 aliphatic carbocycles. The van der Waals surface area contributed by atoms with Gasteiger partial charge in [0.2, 0.25) is 0 Å². The number of nitrogens with one attached hydrogen (secondary N) is 1. The zero-order valence-electron chi connectivity index (χ0n) is 12.5. The molecular weight excluding hydrogens is 287 g/mol. The van der Waals surface area contributed by atoms with E-state index in [0.717, 1.165) is 58.6 Å². The van der Waals surface area contributed by atoms with E-state index in [0.29, 0.717) is 11.7 Å². The monoisotopic (exact) mass is 308 g/mol. The maximum atomic E-state index is 12.8. The highest BCUT2D eigenvalue weighted by Gasteiger charge is 2.28. The molecule has 22 heavy (non-hydrogen) atoms. The van der Waals surface area contributed by atoms with Crippen molar-refractivity contribution in [3.63, 3.8) is 0 Å². The fourth-order valence-electron chi connectivity index (χ4n) is 2.95. The van der Waals surface area contributed by atoms with Gasteiger partial charge < -0.3 is 9.64 Å². The van der Waals surface area contributed by atoms with E-state index in [1.54, 1.807) is 4.90 Å². The lowest BCUT2D eigenvalue weighted by Gasteiger charge is -2.29. The Hall–Kier alpha value is -1.73. The lowest BCUT2D eigenvalue weighted by Crippen LogP contribution is -2.40. The van der Waals surface area contributed by atoms with E-state index >= 15 is 0 Å². The summed E-state index contributed by atoms with van der Waals surface area (Å²) in [6.07, 6.45) is 2.11. The van der Waals surface area contributed by atoms with Crippen molar-refractivity contribution in [2.45, 2.75) is 6.42 Å². The third kappa shape index (κ3) is 3.92. The Kier molecular flexibility index (Phi) is 4.84. The smallest absolute Gasteiger partial charge is 0.323 e.